The second-order valence-corrected chi connectivity index (χ2v) is 10.7. The average molecular weight is 521 g/mol. The molecule has 8 heteroatoms. The van der Waals surface area contributed by atoms with Crippen molar-refractivity contribution in [1.29, 1.82) is 0 Å². The molecule has 6 nitrogen and oxygen atoms in total. The summed E-state index contributed by atoms with van der Waals surface area (Å²) >= 11 is 7.66. The van der Waals surface area contributed by atoms with Gasteiger partial charge in [0.25, 0.3) is 5.91 Å². The third kappa shape index (κ3) is 5.47. The van der Waals surface area contributed by atoms with Crippen LogP contribution in [-0.2, 0) is 17.6 Å². The zero-order valence-corrected chi connectivity index (χ0v) is 22.1. The molecule has 5 rings (SSSR count). The van der Waals surface area contributed by atoms with Crippen LogP contribution >= 0.6 is 22.9 Å². The number of amides is 1. The molecule has 1 saturated heterocycles. The van der Waals surface area contributed by atoms with Crippen LogP contribution in [0.15, 0.2) is 54.6 Å². The molecular formula is C28H29ClN4O2S. The van der Waals surface area contributed by atoms with Gasteiger partial charge in [0, 0.05) is 42.5 Å². The van der Waals surface area contributed by atoms with Crippen LogP contribution in [0.1, 0.15) is 21.8 Å². The second-order valence-electron chi connectivity index (χ2n) is 9.02. The Morgan fingerprint density at radius 1 is 0.972 bits per heavy atom. The SMILES string of the molecule is Cc1sc2nc(CCc3ccccc3)nc(N3CCN(C(=O)COc4ccc(Cl)cc4)CC3)c2c1C. The second kappa shape index (κ2) is 10.8. The summed E-state index contributed by atoms with van der Waals surface area (Å²) in [5, 5.41) is 1.79. The Bertz CT molecular complexity index is 1350. The molecule has 0 N–H and O–H groups in total. The minimum absolute atomic E-state index is 0.0106. The lowest BCUT2D eigenvalue weighted by atomic mass is 10.1. The molecule has 0 bridgehead atoms. The number of benzene rings is 2. The highest BCUT2D eigenvalue weighted by molar-refractivity contribution is 7.18. The maximum atomic E-state index is 12.8. The topological polar surface area (TPSA) is 58.6 Å². The van der Waals surface area contributed by atoms with Crippen molar-refractivity contribution in [3.05, 3.63) is 81.4 Å². The van der Waals surface area contributed by atoms with Gasteiger partial charge in [0.1, 0.15) is 22.2 Å². The highest BCUT2D eigenvalue weighted by Crippen LogP contribution is 2.35. The molecule has 0 spiro atoms. The molecule has 0 atom stereocenters. The first-order valence-corrected chi connectivity index (χ1v) is 13.4. The summed E-state index contributed by atoms with van der Waals surface area (Å²) in [6.45, 7) is 7.04. The van der Waals surface area contributed by atoms with E-state index in [0.717, 1.165) is 47.8 Å². The summed E-state index contributed by atoms with van der Waals surface area (Å²) in [4.78, 5) is 29.2. The monoisotopic (exact) mass is 520 g/mol. The highest BCUT2D eigenvalue weighted by Gasteiger charge is 2.25. The average Bonchev–Trinajstić information content (AvgIpc) is 3.20. The van der Waals surface area contributed by atoms with Crippen molar-refractivity contribution in [2.75, 3.05) is 37.7 Å². The Hall–Kier alpha value is -3.16. The Kier molecular flexibility index (Phi) is 7.39. The molecule has 1 aliphatic rings. The van der Waals surface area contributed by atoms with Gasteiger partial charge in [-0.3, -0.25) is 4.79 Å². The predicted molar refractivity (Wildman–Crippen MR) is 146 cm³/mol. The Morgan fingerprint density at radius 2 is 1.69 bits per heavy atom. The van der Waals surface area contributed by atoms with Crippen molar-refractivity contribution in [2.24, 2.45) is 0 Å². The van der Waals surface area contributed by atoms with Gasteiger partial charge >= 0.3 is 0 Å². The number of ether oxygens (including phenoxy) is 1. The Labute approximate surface area is 220 Å². The number of anilines is 1. The zero-order chi connectivity index (χ0) is 25.1. The quantitative estimate of drug-likeness (QED) is 0.323. The number of aromatic nitrogens is 2. The molecule has 0 aliphatic carbocycles. The number of thiophene rings is 1. The van der Waals surface area contributed by atoms with E-state index in [9.17, 15) is 4.79 Å². The van der Waals surface area contributed by atoms with Crippen LogP contribution in [0.25, 0.3) is 10.2 Å². The molecule has 2 aromatic heterocycles. The Balaban J connectivity index is 1.27. The van der Waals surface area contributed by atoms with Gasteiger partial charge < -0.3 is 14.5 Å². The maximum absolute atomic E-state index is 12.8. The van der Waals surface area contributed by atoms with E-state index >= 15 is 0 Å². The van der Waals surface area contributed by atoms with Gasteiger partial charge in [-0.05, 0) is 55.7 Å². The first-order chi connectivity index (χ1) is 17.5. The van der Waals surface area contributed by atoms with Crippen LogP contribution in [0.2, 0.25) is 5.02 Å². The zero-order valence-electron chi connectivity index (χ0n) is 20.5. The number of rotatable bonds is 7. The summed E-state index contributed by atoms with van der Waals surface area (Å²) in [6.07, 6.45) is 1.70. The van der Waals surface area contributed by atoms with Crippen LogP contribution in [-0.4, -0.2) is 53.6 Å². The van der Waals surface area contributed by atoms with Crippen molar-refractivity contribution in [2.45, 2.75) is 26.7 Å². The Morgan fingerprint density at radius 3 is 2.42 bits per heavy atom. The molecule has 0 radical (unpaired) electrons. The maximum Gasteiger partial charge on any atom is 0.260 e. The highest BCUT2D eigenvalue weighted by atomic mass is 35.5. The molecule has 36 heavy (non-hydrogen) atoms. The van der Waals surface area contributed by atoms with Gasteiger partial charge in [0.15, 0.2) is 6.61 Å². The smallest absolute Gasteiger partial charge is 0.260 e. The summed E-state index contributed by atoms with van der Waals surface area (Å²) in [5.41, 5.74) is 2.53. The standard InChI is InChI=1S/C28H29ClN4O2S/c1-19-20(2)36-28-26(19)27(30-24(31-28)13-8-21-6-4-3-5-7-21)33-16-14-32(15-17-33)25(34)18-35-23-11-9-22(29)10-12-23/h3-7,9-12H,8,13-18H2,1-2H3. The lowest BCUT2D eigenvalue weighted by Crippen LogP contribution is -2.50. The molecule has 1 fully saturated rings. The van der Waals surface area contributed by atoms with Gasteiger partial charge in [0.2, 0.25) is 0 Å². The van der Waals surface area contributed by atoms with Crippen LogP contribution < -0.4 is 9.64 Å². The van der Waals surface area contributed by atoms with Crippen LogP contribution in [0, 0.1) is 13.8 Å². The van der Waals surface area contributed by atoms with Gasteiger partial charge in [-0.2, -0.15) is 0 Å². The number of nitrogens with zero attached hydrogens (tertiary/aromatic N) is 4. The number of halogens is 1. The van der Waals surface area contributed by atoms with Crippen LogP contribution in [0.5, 0.6) is 5.75 Å². The summed E-state index contributed by atoms with van der Waals surface area (Å²) in [5.74, 6) is 2.50. The van der Waals surface area contributed by atoms with Crippen molar-refractivity contribution >= 4 is 44.9 Å². The summed E-state index contributed by atoms with van der Waals surface area (Å²) in [7, 11) is 0. The molecule has 1 aliphatic heterocycles. The minimum Gasteiger partial charge on any atom is -0.484 e. The fraction of sp³-hybridized carbons (Fsp3) is 0.321. The minimum atomic E-state index is -0.0106. The third-order valence-corrected chi connectivity index (χ3v) is 8.00. The van der Waals surface area contributed by atoms with E-state index in [4.69, 9.17) is 26.3 Å². The number of piperazine rings is 1. The molecule has 4 aromatic rings. The molecule has 186 valence electrons. The van der Waals surface area contributed by atoms with Crippen molar-refractivity contribution in [3.63, 3.8) is 0 Å². The van der Waals surface area contributed by atoms with Crippen molar-refractivity contribution in [1.82, 2.24) is 14.9 Å². The van der Waals surface area contributed by atoms with Gasteiger partial charge in [-0.1, -0.05) is 41.9 Å². The molecule has 1 amide bonds. The normalized spacial score (nSPS) is 13.9. The van der Waals surface area contributed by atoms with Gasteiger partial charge in [-0.25, -0.2) is 9.97 Å². The molecule has 0 saturated carbocycles. The van der Waals surface area contributed by atoms with E-state index in [2.05, 4.69) is 43.0 Å². The number of fused-ring (bicyclic) bond motifs is 1. The molecule has 2 aromatic carbocycles. The molecular weight excluding hydrogens is 492 g/mol. The van der Waals surface area contributed by atoms with E-state index < -0.39 is 0 Å². The number of aryl methyl sites for hydroxylation is 4. The number of carbonyl (C=O) groups excluding carboxylic acids is 1. The first-order valence-electron chi connectivity index (χ1n) is 12.2. The lowest BCUT2D eigenvalue weighted by Gasteiger charge is -2.35. The van der Waals surface area contributed by atoms with E-state index in [1.165, 1.54) is 16.0 Å². The third-order valence-electron chi connectivity index (χ3n) is 6.64. The fourth-order valence-electron chi connectivity index (χ4n) is 4.45. The number of carbonyl (C=O) groups is 1. The fourth-order valence-corrected chi connectivity index (χ4v) is 5.62. The van der Waals surface area contributed by atoms with E-state index in [0.29, 0.717) is 23.9 Å². The van der Waals surface area contributed by atoms with E-state index in [1.807, 2.05) is 11.0 Å². The molecule has 3 heterocycles. The summed E-state index contributed by atoms with van der Waals surface area (Å²) < 4.78 is 5.66. The van der Waals surface area contributed by atoms with E-state index in [-0.39, 0.29) is 12.5 Å². The number of hydrogen-bond acceptors (Lipinski definition) is 6. The lowest BCUT2D eigenvalue weighted by molar-refractivity contribution is -0.133. The van der Waals surface area contributed by atoms with Gasteiger partial charge in [0.05, 0.1) is 5.39 Å². The van der Waals surface area contributed by atoms with Gasteiger partial charge in [-0.15, -0.1) is 11.3 Å². The number of hydrogen-bond donors (Lipinski definition) is 0. The van der Waals surface area contributed by atoms with Crippen LogP contribution in [0.3, 0.4) is 0 Å². The van der Waals surface area contributed by atoms with E-state index in [1.54, 1.807) is 35.6 Å². The van der Waals surface area contributed by atoms with Crippen LogP contribution in [0.4, 0.5) is 5.82 Å². The predicted octanol–water partition coefficient (Wildman–Crippen LogP) is 5.47. The molecule has 0 unspecified atom stereocenters. The first kappa shape index (κ1) is 24.5. The van der Waals surface area contributed by atoms with Crippen molar-refractivity contribution in [3.8, 4) is 5.75 Å². The summed E-state index contributed by atoms with van der Waals surface area (Å²) in [6, 6.07) is 17.5. The van der Waals surface area contributed by atoms with Crippen molar-refractivity contribution < 1.29 is 9.53 Å². The largest absolute Gasteiger partial charge is 0.484 e.